The van der Waals surface area contributed by atoms with Crippen molar-refractivity contribution in [3.05, 3.63) is 73.0 Å². The Kier molecular flexibility index (Phi) is 5.62. The number of amides is 1. The van der Waals surface area contributed by atoms with E-state index in [4.69, 9.17) is 27.9 Å². The Morgan fingerprint density at radius 2 is 1.79 bits per heavy atom. The third-order valence-electron chi connectivity index (χ3n) is 3.96. The normalized spacial score (nSPS) is 10.6. The van der Waals surface area contributed by atoms with E-state index in [1.165, 1.54) is 38.5 Å². The highest BCUT2D eigenvalue weighted by atomic mass is 35.5. The summed E-state index contributed by atoms with van der Waals surface area (Å²) in [6.45, 7) is 0. The van der Waals surface area contributed by atoms with Crippen LogP contribution in [0, 0.1) is 0 Å². The average molecular weight is 437 g/mol. The van der Waals surface area contributed by atoms with Crippen LogP contribution >= 0.6 is 23.2 Å². The van der Waals surface area contributed by atoms with Crippen molar-refractivity contribution >= 4 is 34.8 Å². The highest BCUT2D eigenvalue weighted by Crippen LogP contribution is 2.29. The van der Waals surface area contributed by atoms with Crippen LogP contribution in [0.15, 0.2) is 46.1 Å². The van der Waals surface area contributed by atoms with Gasteiger partial charge in [-0.3, -0.25) is 18.7 Å². The molecular weight excluding hydrogens is 423 g/mol. The van der Waals surface area contributed by atoms with Gasteiger partial charge in [0.05, 0.1) is 5.02 Å². The van der Waals surface area contributed by atoms with Crippen molar-refractivity contribution in [2.45, 2.75) is 0 Å². The van der Waals surface area contributed by atoms with Crippen LogP contribution in [-0.4, -0.2) is 25.1 Å². The van der Waals surface area contributed by atoms with Crippen LogP contribution in [-0.2, 0) is 14.1 Å². The number of nitrogens with one attached hydrogen (secondary N) is 1. The van der Waals surface area contributed by atoms with Gasteiger partial charge in [0.25, 0.3) is 11.5 Å². The number of aromatic hydroxyl groups is 1. The number of rotatable bonds is 4. The van der Waals surface area contributed by atoms with Crippen LogP contribution in [0.4, 0.5) is 5.69 Å². The Bertz CT molecular complexity index is 1220. The molecule has 0 aliphatic rings. The maximum absolute atomic E-state index is 12.5. The maximum Gasteiger partial charge on any atom is 0.333 e. The van der Waals surface area contributed by atoms with E-state index >= 15 is 0 Å². The van der Waals surface area contributed by atoms with E-state index in [-0.39, 0.29) is 10.9 Å². The number of anilines is 1. The topological polar surface area (TPSA) is 115 Å². The van der Waals surface area contributed by atoms with E-state index in [2.05, 4.69) is 10.3 Å². The van der Waals surface area contributed by atoms with Crippen LogP contribution in [0.3, 0.4) is 0 Å². The SMILES string of the molecule is Cn1c(O)c(C(=O)Nc2ccc(Oc3ncc(Cl)cc3Cl)cc2)c(=O)n(C)c1=O. The van der Waals surface area contributed by atoms with E-state index in [0.717, 1.165) is 9.13 Å². The first-order valence-corrected chi connectivity index (χ1v) is 8.84. The molecule has 0 aliphatic heterocycles. The summed E-state index contributed by atoms with van der Waals surface area (Å²) in [7, 11) is 2.46. The van der Waals surface area contributed by atoms with E-state index < -0.39 is 28.6 Å². The van der Waals surface area contributed by atoms with E-state index in [0.29, 0.717) is 16.5 Å². The summed E-state index contributed by atoms with van der Waals surface area (Å²) in [5.74, 6) is -1.04. The molecule has 0 atom stereocenters. The lowest BCUT2D eigenvalue weighted by Gasteiger charge is -2.11. The first-order valence-electron chi connectivity index (χ1n) is 8.08. The Morgan fingerprint density at radius 1 is 1.14 bits per heavy atom. The summed E-state index contributed by atoms with van der Waals surface area (Å²) in [5, 5.41) is 13.1. The Labute approximate surface area is 173 Å². The molecule has 2 aromatic heterocycles. The van der Waals surface area contributed by atoms with Crippen LogP contribution in [0.5, 0.6) is 17.5 Å². The number of benzene rings is 1. The van der Waals surface area contributed by atoms with Gasteiger partial charge in [0, 0.05) is 26.0 Å². The molecule has 2 heterocycles. The molecule has 0 aliphatic carbocycles. The second kappa shape index (κ2) is 7.98. The fourth-order valence-corrected chi connectivity index (χ4v) is 2.84. The molecule has 0 radical (unpaired) electrons. The van der Waals surface area contributed by atoms with Crippen LogP contribution in [0.1, 0.15) is 10.4 Å². The van der Waals surface area contributed by atoms with Crippen molar-refractivity contribution in [1.29, 1.82) is 0 Å². The Hall–Kier alpha value is -3.30. The smallest absolute Gasteiger partial charge is 0.333 e. The average Bonchev–Trinajstić information content (AvgIpc) is 2.68. The highest BCUT2D eigenvalue weighted by Gasteiger charge is 2.21. The van der Waals surface area contributed by atoms with Crippen LogP contribution in [0.2, 0.25) is 10.0 Å². The summed E-state index contributed by atoms with van der Waals surface area (Å²) in [6.07, 6.45) is 1.39. The van der Waals surface area contributed by atoms with Crippen LogP contribution < -0.4 is 21.3 Å². The lowest BCUT2D eigenvalue weighted by Crippen LogP contribution is -2.40. The number of hydrogen-bond acceptors (Lipinski definition) is 6. The molecule has 3 aromatic rings. The van der Waals surface area contributed by atoms with Gasteiger partial charge in [0.1, 0.15) is 10.8 Å². The van der Waals surface area contributed by atoms with Gasteiger partial charge in [-0.05, 0) is 30.3 Å². The molecule has 0 spiro atoms. The Balaban J connectivity index is 1.81. The van der Waals surface area contributed by atoms with E-state index in [1.54, 1.807) is 12.1 Å². The van der Waals surface area contributed by atoms with Gasteiger partial charge in [0.2, 0.25) is 11.8 Å². The zero-order chi connectivity index (χ0) is 21.3. The third kappa shape index (κ3) is 4.10. The van der Waals surface area contributed by atoms with Crippen molar-refractivity contribution in [2.75, 3.05) is 5.32 Å². The largest absolute Gasteiger partial charge is 0.494 e. The molecule has 9 nitrogen and oxygen atoms in total. The summed E-state index contributed by atoms with van der Waals surface area (Å²) in [5.41, 5.74) is -1.88. The summed E-state index contributed by atoms with van der Waals surface area (Å²) < 4.78 is 7.08. The second-order valence-corrected chi connectivity index (χ2v) is 6.77. The zero-order valence-corrected chi connectivity index (χ0v) is 16.7. The van der Waals surface area contributed by atoms with Gasteiger partial charge in [-0.15, -0.1) is 0 Å². The summed E-state index contributed by atoms with van der Waals surface area (Å²) >= 11 is 11.8. The van der Waals surface area contributed by atoms with Gasteiger partial charge < -0.3 is 15.2 Å². The highest BCUT2D eigenvalue weighted by molar-refractivity contribution is 6.35. The minimum atomic E-state index is -0.911. The molecule has 3 rings (SSSR count). The molecule has 150 valence electrons. The fourth-order valence-electron chi connectivity index (χ4n) is 2.42. The molecule has 0 saturated carbocycles. The first kappa shape index (κ1) is 20.4. The number of ether oxygens (including phenoxy) is 1. The summed E-state index contributed by atoms with van der Waals surface area (Å²) in [6, 6.07) is 7.60. The molecule has 0 unspecified atom stereocenters. The van der Waals surface area contributed by atoms with Crippen molar-refractivity contribution in [3.63, 3.8) is 0 Å². The zero-order valence-electron chi connectivity index (χ0n) is 15.1. The summed E-state index contributed by atoms with van der Waals surface area (Å²) in [4.78, 5) is 40.4. The first-order chi connectivity index (χ1) is 13.7. The number of nitrogens with zero attached hydrogens (tertiary/aromatic N) is 3. The molecule has 1 amide bonds. The molecule has 0 bridgehead atoms. The Morgan fingerprint density at radius 3 is 2.41 bits per heavy atom. The number of aromatic nitrogens is 3. The maximum atomic E-state index is 12.5. The van der Waals surface area contributed by atoms with Crippen molar-refractivity contribution in [1.82, 2.24) is 14.1 Å². The number of halogens is 2. The van der Waals surface area contributed by atoms with Gasteiger partial charge in [0.15, 0.2) is 5.56 Å². The fraction of sp³-hybridized carbons (Fsp3) is 0.111. The molecule has 2 N–H and O–H groups in total. The number of pyridine rings is 1. The van der Waals surface area contributed by atoms with Crippen LogP contribution in [0.25, 0.3) is 0 Å². The van der Waals surface area contributed by atoms with Gasteiger partial charge in [-0.25, -0.2) is 9.78 Å². The van der Waals surface area contributed by atoms with Gasteiger partial charge in [-0.1, -0.05) is 23.2 Å². The lowest BCUT2D eigenvalue weighted by atomic mass is 10.2. The second-order valence-electron chi connectivity index (χ2n) is 5.93. The molecule has 29 heavy (non-hydrogen) atoms. The standard InChI is InChI=1S/C18H14Cl2N4O5/c1-23-16(26)13(17(27)24(2)18(23)28)14(25)22-10-3-5-11(6-4-10)29-15-12(20)7-9(19)8-21-15/h3-8,26H,1-2H3,(H,22,25). The minimum Gasteiger partial charge on any atom is -0.494 e. The van der Waals surface area contributed by atoms with Crippen molar-refractivity contribution < 1.29 is 14.6 Å². The van der Waals surface area contributed by atoms with E-state index in [9.17, 15) is 19.5 Å². The van der Waals surface area contributed by atoms with Crippen molar-refractivity contribution in [2.24, 2.45) is 14.1 Å². The predicted octanol–water partition coefficient (Wildman–Crippen LogP) is 2.54. The third-order valence-corrected chi connectivity index (χ3v) is 4.44. The lowest BCUT2D eigenvalue weighted by molar-refractivity contribution is 0.102. The van der Waals surface area contributed by atoms with Gasteiger partial charge >= 0.3 is 5.69 Å². The van der Waals surface area contributed by atoms with Crippen molar-refractivity contribution in [3.8, 4) is 17.5 Å². The van der Waals surface area contributed by atoms with Gasteiger partial charge in [-0.2, -0.15) is 0 Å². The number of hydrogen-bond donors (Lipinski definition) is 2. The monoisotopic (exact) mass is 436 g/mol. The predicted molar refractivity (Wildman–Crippen MR) is 107 cm³/mol. The number of carbonyl (C=O) groups is 1. The minimum absolute atomic E-state index is 0.159. The molecule has 0 saturated heterocycles. The molecular formula is C18H14Cl2N4O5. The molecule has 1 aromatic carbocycles. The van der Waals surface area contributed by atoms with E-state index in [1.807, 2.05) is 0 Å². The quantitative estimate of drug-likeness (QED) is 0.648. The molecule has 11 heteroatoms. The number of carbonyl (C=O) groups excluding carboxylic acids is 1. The molecule has 0 fully saturated rings.